The Labute approximate surface area is 123 Å². The van der Waals surface area contributed by atoms with E-state index >= 15 is 0 Å². The topological polar surface area (TPSA) is 59.6 Å². The van der Waals surface area contributed by atoms with E-state index in [0.29, 0.717) is 25.4 Å². The third-order valence-corrected chi connectivity index (χ3v) is 2.72. The molecule has 1 amide bonds. The zero-order valence-corrected chi connectivity index (χ0v) is 12.0. The fourth-order valence-electron chi connectivity index (χ4n) is 1.81. The van der Waals surface area contributed by atoms with Crippen molar-refractivity contribution >= 4 is 24.0 Å². The van der Waals surface area contributed by atoms with Crippen molar-refractivity contribution in [3.63, 3.8) is 0 Å². The second-order valence-electron chi connectivity index (χ2n) is 4.13. The minimum atomic E-state index is -0.539. The van der Waals surface area contributed by atoms with E-state index in [1.807, 2.05) is 0 Å². The standard InChI is InChI=1S/C13H17FN2O3.ClH/c1-2-18-11-4-3-9(7-10(11)14)16-13(17)12-8-15-5-6-19-12;/h3-4,7,12,15H,2,5-6,8H2,1H3,(H,16,17);1H. The molecule has 1 aromatic carbocycles. The Kier molecular flexibility index (Phi) is 6.70. The molecule has 0 bridgehead atoms. The summed E-state index contributed by atoms with van der Waals surface area (Å²) in [5, 5.41) is 5.68. The summed E-state index contributed by atoms with van der Waals surface area (Å²) in [6, 6.07) is 4.33. The largest absolute Gasteiger partial charge is 0.491 e. The molecule has 1 aliphatic heterocycles. The number of anilines is 1. The van der Waals surface area contributed by atoms with Gasteiger partial charge in [0, 0.05) is 24.8 Å². The number of hydrogen-bond acceptors (Lipinski definition) is 4. The molecule has 0 aliphatic carbocycles. The first-order chi connectivity index (χ1) is 9.20. The number of hydrogen-bond donors (Lipinski definition) is 2. The van der Waals surface area contributed by atoms with E-state index in [1.54, 1.807) is 13.0 Å². The number of ether oxygens (including phenoxy) is 2. The highest BCUT2D eigenvalue weighted by atomic mass is 35.5. The molecule has 7 heteroatoms. The third-order valence-electron chi connectivity index (χ3n) is 2.72. The van der Waals surface area contributed by atoms with Crippen LogP contribution in [0.3, 0.4) is 0 Å². The molecule has 1 atom stereocenters. The van der Waals surface area contributed by atoms with Gasteiger partial charge in [-0.3, -0.25) is 4.79 Å². The molecule has 2 N–H and O–H groups in total. The van der Waals surface area contributed by atoms with Gasteiger partial charge in [-0.25, -0.2) is 4.39 Å². The first-order valence-corrected chi connectivity index (χ1v) is 6.26. The van der Waals surface area contributed by atoms with Crippen LogP contribution < -0.4 is 15.4 Å². The molecular weight excluding hydrogens is 287 g/mol. The van der Waals surface area contributed by atoms with Crippen molar-refractivity contribution in [2.75, 3.05) is 31.6 Å². The number of rotatable bonds is 4. The summed E-state index contributed by atoms with van der Waals surface area (Å²) in [5.41, 5.74) is 0.389. The Morgan fingerprint density at radius 1 is 1.60 bits per heavy atom. The van der Waals surface area contributed by atoms with Crippen LogP contribution in [0.1, 0.15) is 6.92 Å². The summed E-state index contributed by atoms with van der Waals surface area (Å²) < 4.78 is 24.0. The Morgan fingerprint density at radius 2 is 2.40 bits per heavy atom. The fraction of sp³-hybridized carbons (Fsp3) is 0.462. The van der Waals surface area contributed by atoms with Gasteiger partial charge in [-0.05, 0) is 19.1 Å². The van der Waals surface area contributed by atoms with E-state index < -0.39 is 11.9 Å². The Bertz CT molecular complexity index is 453. The van der Waals surface area contributed by atoms with E-state index in [0.717, 1.165) is 6.54 Å². The molecular formula is C13H18ClFN2O3. The first-order valence-electron chi connectivity index (χ1n) is 6.26. The number of amides is 1. The summed E-state index contributed by atoms with van der Waals surface area (Å²) in [6.45, 7) is 3.87. The zero-order valence-electron chi connectivity index (χ0n) is 11.1. The van der Waals surface area contributed by atoms with Crippen molar-refractivity contribution in [3.05, 3.63) is 24.0 Å². The molecule has 0 saturated carbocycles. The molecule has 1 heterocycles. The summed E-state index contributed by atoms with van der Waals surface area (Å²) >= 11 is 0. The number of carbonyl (C=O) groups excluding carboxylic acids is 1. The van der Waals surface area contributed by atoms with Crippen LogP contribution in [0.15, 0.2) is 18.2 Å². The van der Waals surface area contributed by atoms with Crippen LogP contribution in [0.2, 0.25) is 0 Å². The van der Waals surface area contributed by atoms with Gasteiger partial charge in [0.1, 0.15) is 6.10 Å². The van der Waals surface area contributed by atoms with E-state index in [9.17, 15) is 9.18 Å². The van der Waals surface area contributed by atoms with Gasteiger partial charge in [-0.2, -0.15) is 0 Å². The normalized spacial score (nSPS) is 18.0. The van der Waals surface area contributed by atoms with Crippen molar-refractivity contribution < 1.29 is 18.7 Å². The van der Waals surface area contributed by atoms with Gasteiger partial charge in [0.25, 0.3) is 5.91 Å². The van der Waals surface area contributed by atoms with Crippen LogP contribution in [0.5, 0.6) is 5.75 Å². The minimum Gasteiger partial charge on any atom is -0.491 e. The van der Waals surface area contributed by atoms with E-state index in [4.69, 9.17) is 9.47 Å². The second-order valence-corrected chi connectivity index (χ2v) is 4.13. The Balaban J connectivity index is 0.00000200. The molecule has 1 unspecified atom stereocenters. The fourth-order valence-corrected chi connectivity index (χ4v) is 1.81. The number of carbonyl (C=O) groups is 1. The van der Waals surface area contributed by atoms with Gasteiger partial charge in [0.15, 0.2) is 11.6 Å². The number of benzene rings is 1. The molecule has 112 valence electrons. The van der Waals surface area contributed by atoms with Crippen molar-refractivity contribution in [2.45, 2.75) is 13.0 Å². The number of nitrogens with one attached hydrogen (secondary N) is 2. The van der Waals surface area contributed by atoms with Crippen LogP contribution in [-0.2, 0) is 9.53 Å². The van der Waals surface area contributed by atoms with E-state index in [-0.39, 0.29) is 24.1 Å². The maximum absolute atomic E-state index is 13.6. The maximum atomic E-state index is 13.6. The lowest BCUT2D eigenvalue weighted by molar-refractivity contribution is -0.128. The third kappa shape index (κ3) is 4.33. The van der Waals surface area contributed by atoms with Gasteiger partial charge in [-0.1, -0.05) is 0 Å². The van der Waals surface area contributed by atoms with Gasteiger partial charge in [-0.15, -0.1) is 12.4 Å². The molecule has 0 spiro atoms. The molecule has 20 heavy (non-hydrogen) atoms. The van der Waals surface area contributed by atoms with Crippen molar-refractivity contribution in [1.82, 2.24) is 5.32 Å². The lowest BCUT2D eigenvalue weighted by Gasteiger charge is -2.22. The zero-order chi connectivity index (χ0) is 13.7. The van der Waals surface area contributed by atoms with Crippen LogP contribution in [0.4, 0.5) is 10.1 Å². The monoisotopic (exact) mass is 304 g/mol. The van der Waals surface area contributed by atoms with Crippen LogP contribution in [0, 0.1) is 5.82 Å². The van der Waals surface area contributed by atoms with Crippen LogP contribution in [0.25, 0.3) is 0 Å². The van der Waals surface area contributed by atoms with E-state index in [2.05, 4.69) is 10.6 Å². The molecule has 0 radical (unpaired) electrons. The highest BCUT2D eigenvalue weighted by Crippen LogP contribution is 2.21. The number of morpholine rings is 1. The molecule has 0 aromatic heterocycles. The summed E-state index contributed by atoms with van der Waals surface area (Å²) in [7, 11) is 0. The van der Waals surface area contributed by atoms with Crippen molar-refractivity contribution in [2.24, 2.45) is 0 Å². The summed E-state index contributed by atoms with van der Waals surface area (Å²) in [6.07, 6.45) is -0.539. The first kappa shape index (κ1) is 16.7. The van der Waals surface area contributed by atoms with Gasteiger partial charge in [0.05, 0.1) is 13.2 Å². The average Bonchev–Trinajstić information content (AvgIpc) is 2.43. The average molecular weight is 305 g/mol. The lowest BCUT2D eigenvalue weighted by atomic mass is 10.2. The van der Waals surface area contributed by atoms with Crippen molar-refractivity contribution in [1.29, 1.82) is 0 Å². The molecule has 1 saturated heterocycles. The van der Waals surface area contributed by atoms with Gasteiger partial charge < -0.3 is 20.1 Å². The lowest BCUT2D eigenvalue weighted by Crippen LogP contribution is -2.45. The van der Waals surface area contributed by atoms with Gasteiger partial charge >= 0.3 is 0 Å². The van der Waals surface area contributed by atoms with Crippen LogP contribution in [-0.4, -0.2) is 38.3 Å². The molecule has 1 fully saturated rings. The highest BCUT2D eigenvalue weighted by Gasteiger charge is 2.21. The van der Waals surface area contributed by atoms with E-state index in [1.165, 1.54) is 12.1 Å². The smallest absolute Gasteiger partial charge is 0.254 e. The van der Waals surface area contributed by atoms with Crippen molar-refractivity contribution in [3.8, 4) is 5.75 Å². The second kappa shape index (κ2) is 8.04. The summed E-state index contributed by atoms with van der Waals surface area (Å²) in [5.74, 6) is -0.603. The Morgan fingerprint density at radius 3 is 3.00 bits per heavy atom. The highest BCUT2D eigenvalue weighted by molar-refractivity contribution is 5.94. The molecule has 1 aromatic rings. The molecule has 2 rings (SSSR count). The van der Waals surface area contributed by atoms with Gasteiger partial charge in [0.2, 0.25) is 0 Å². The quantitative estimate of drug-likeness (QED) is 0.886. The minimum absolute atomic E-state index is 0. The Hall–Kier alpha value is -1.37. The molecule has 5 nitrogen and oxygen atoms in total. The summed E-state index contributed by atoms with van der Waals surface area (Å²) in [4.78, 5) is 11.9. The number of halogens is 2. The predicted molar refractivity (Wildman–Crippen MR) is 76.1 cm³/mol. The predicted octanol–water partition coefficient (Wildman–Crippen LogP) is 1.57. The maximum Gasteiger partial charge on any atom is 0.254 e. The SMILES string of the molecule is CCOc1ccc(NC(=O)C2CNCCO2)cc1F.Cl. The molecule has 1 aliphatic rings. The van der Waals surface area contributed by atoms with Crippen LogP contribution >= 0.6 is 12.4 Å².